The lowest BCUT2D eigenvalue weighted by molar-refractivity contribution is 0.591. The van der Waals surface area contributed by atoms with Crippen LogP contribution < -0.4 is 0 Å². The maximum Gasteiger partial charge on any atom is 0.0273 e. The van der Waals surface area contributed by atoms with Gasteiger partial charge in [0.1, 0.15) is 0 Å². The summed E-state index contributed by atoms with van der Waals surface area (Å²) < 4.78 is 0. The standard InChI is InChI=1S/C7H15N.2C2H6/c1-4-7(2)5-6-8-3;2*1-2/h6-7H,4-5H2,1-3H3;2*1-2H3. The van der Waals surface area contributed by atoms with Gasteiger partial charge in [-0.3, -0.25) is 0 Å². The molecule has 0 aliphatic carbocycles. The highest BCUT2D eigenvalue weighted by atomic mass is 14.6. The van der Waals surface area contributed by atoms with Crippen molar-refractivity contribution in [3.63, 3.8) is 0 Å². The average Bonchev–Trinajstić information content (AvgIpc) is 2.20. The Morgan fingerprint density at radius 3 is 1.83 bits per heavy atom. The molecule has 0 aromatic heterocycles. The second-order valence-corrected chi connectivity index (χ2v) is 2.19. The molecule has 0 radical (unpaired) electrons. The highest BCUT2D eigenvalue weighted by Crippen LogP contribution is 2.02. The van der Waals surface area contributed by atoms with Crippen molar-refractivity contribution >= 4 is 6.21 Å². The van der Waals surface area contributed by atoms with E-state index in [1.807, 2.05) is 41.0 Å². The van der Waals surface area contributed by atoms with Crippen molar-refractivity contribution in [2.24, 2.45) is 10.9 Å². The van der Waals surface area contributed by atoms with Crippen molar-refractivity contribution in [3.05, 3.63) is 0 Å². The van der Waals surface area contributed by atoms with Crippen LogP contribution in [0, 0.1) is 5.92 Å². The van der Waals surface area contributed by atoms with Gasteiger partial charge in [0, 0.05) is 7.05 Å². The summed E-state index contributed by atoms with van der Waals surface area (Å²) in [5.74, 6) is 0.804. The summed E-state index contributed by atoms with van der Waals surface area (Å²) >= 11 is 0. The summed E-state index contributed by atoms with van der Waals surface area (Å²) in [5.41, 5.74) is 0. The van der Waals surface area contributed by atoms with Crippen LogP contribution in [0.4, 0.5) is 0 Å². The minimum Gasteiger partial charge on any atom is -0.301 e. The molecule has 0 aromatic carbocycles. The molecule has 0 aliphatic heterocycles. The van der Waals surface area contributed by atoms with Crippen molar-refractivity contribution in [1.82, 2.24) is 0 Å². The Kier molecular flexibility index (Phi) is 33.0. The zero-order valence-electron chi connectivity index (χ0n) is 10.0. The van der Waals surface area contributed by atoms with Crippen LogP contribution in [0.15, 0.2) is 4.99 Å². The summed E-state index contributed by atoms with van der Waals surface area (Å²) in [4.78, 5) is 3.90. The zero-order valence-corrected chi connectivity index (χ0v) is 10.0. The first-order valence-electron chi connectivity index (χ1n) is 5.21. The predicted octanol–water partition coefficient (Wildman–Crippen LogP) is 4.18. The van der Waals surface area contributed by atoms with Crippen molar-refractivity contribution in [3.8, 4) is 0 Å². The van der Waals surface area contributed by atoms with E-state index < -0.39 is 0 Å². The molecule has 0 rings (SSSR count). The average molecular weight is 173 g/mol. The molecular formula is C11H27N. The van der Waals surface area contributed by atoms with E-state index in [9.17, 15) is 0 Å². The fourth-order valence-electron chi connectivity index (χ4n) is 0.452. The Balaban J connectivity index is -0.000000175. The first kappa shape index (κ1) is 17.7. The molecule has 1 unspecified atom stereocenters. The lowest BCUT2D eigenvalue weighted by Gasteiger charge is -2.00. The third-order valence-corrected chi connectivity index (χ3v) is 1.39. The first-order chi connectivity index (χ1) is 5.81. The number of hydrogen-bond acceptors (Lipinski definition) is 1. The summed E-state index contributed by atoms with van der Waals surface area (Å²) in [6, 6.07) is 0. The second kappa shape index (κ2) is 22.4. The molecule has 0 aromatic rings. The van der Waals surface area contributed by atoms with Crippen LogP contribution in [0.5, 0.6) is 0 Å². The minimum absolute atomic E-state index is 0.804. The van der Waals surface area contributed by atoms with E-state index in [1.54, 1.807) is 0 Å². The largest absolute Gasteiger partial charge is 0.301 e. The smallest absolute Gasteiger partial charge is 0.0273 e. The molecule has 0 saturated heterocycles. The van der Waals surface area contributed by atoms with Gasteiger partial charge in [0.05, 0.1) is 0 Å². The monoisotopic (exact) mass is 173 g/mol. The Labute approximate surface area is 79.3 Å². The molecule has 0 fully saturated rings. The quantitative estimate of drug-likeness (QED) is 0.568. The van der Waals surface area contributed by atoms with Gasteiger partial charge in [-0.05, 0) is 18.6 Å². The van der Waals surface area contributed by atoms with Crippen molar-refractivity contribution in [2.45, 2.75) is 54.4 Å². The first-order valence-corrected chi connectivity index (χ1v) is 5.21. The molecule has 76 valence electrons. The Morgan fingerprint density at radius 2 is 1.58 bits per heavy atom. The third-order valence-electron chi connectivity index (χ3n) is 1.39. The van der Waals surface area contributed by atoms with E-state index in [0.29, 0.717) is 0 Å². The van der Waals surface area contributed by atoms with E-state index >= 15 is 0 Å². The lowest BCUT2D eigenvalue weighted by atomic mass is 10.1. The van der Waals surface area contributed by atoms with Gasteiger partial charge in [0.25, 0.3) is 0 Å². The molecule has 1 nitrogen and oxygen atoms in total. The van der Waals surface area contributed by atoms with E-state index in [0.717, 1.165) is 12.3 Å². The molecule has 1 atom stereocenters. The van der Waals surface area contributed by atoms with Crippen LogP contribution in [0.2, 0.25) is 0 Å². The molecule has 0 N–H and O–H groups in total. The minimum atomic E-state index is 0.804. The van der Waals surface area contributed by atoms with Crippen LogP contribution in [0.1, 0.15) is 54.4 Å². The molecule has 0 aliphatic rings. The highest BCUT2D eigenvalue weighted by molar-refractivity contribution is 5.57. The number of aliphatic imine (C=N–C) groups is 1. The van der Waals surface area contributed by atoms with Gasteiger partial charge in [-0.1, -0.05) is 48.0 Å². The lowest BCUT2D eigenvalue weighted by Crippen LogP contribution is -1.91. The van der Waals surface area contributed by atoms with Crippen molar-refractivity contribution in [1.29, 1.82) is 0 Å². The van der Waals surface area contributed by atoms with Gasteiger partial charge in [-0.25, -0.2) is 0 Å². The molecule has 0 bridgehead atoms. The number of nitrogens with zero attached hydrogens (tertiary/aromatic N) is 1. The molecule has 0 amide bonds. The molecule has 0 heterocycles. The fraction of sp³-hybridized carbons (Fsp3) is 0.909. The van der Waals surface area contributed by atoms with E-state index in [1.165, 1.54) is 6.42 Å². The van der Waals surface area contributed by atoms with Gasteiger partial charge >= 0.3 is 0 Å². The Morgan fingerprint density at radius 1 is 1.17 bits per heavy atom. The van der Waals surface area contributed by atoms with Crippen LogP contribution in [-0.4, -0.2) is 13.3 Å². The molecule has 0 saturated carbocycles. The summed E-state index contributed by atoms with van der Waals surface area (Å²) in [6.45, 7) is 12.4. The summed E-state index contributed by atoms with van der Waals surface area (Å²) in [5, 5.41) is 0. The SMILES string of the molecule is CC.CC.CCC(C)CC=NC. The molecule has 1 heteroatoms. The normalized spacial score (nSPS) is 10.9. The fourth-order valence-corrected chi connectivity index (χ4v) is 0.452. The van der Waals surface area contributed by atoms with E-state index in [-0.39, 0.29) is 0 Å². The predicted molar refractivity (Wildman–Crippen MR) is 61.2 cm³/mol. The van der Waals surface area contributed by atoms with Crippen LogP contribution in [0.3, 0.4) is 0 Å². The summed E-state index contributed by atoms with van der Waals surface area (Å²) in [7, 11) is 1.82. The van der Waals surface area contributed by atoms with Crippen LogP contribution in [-0.2, 0) is 0 Å². The molecule has 0 spiro atoms. The van der Waals surface area contributed by atoms with Gasteiger partial charge in [-0.2, -0.15) is 0 Å². The Hall–Kier alpha value is -0.330. The topological polar surface area (TPSA) is 12.4 Å². The van der Waals surface area contributed by atoms with Crippen LogP contribution >= 0.6 is 0 Å². The van der Waals surface area contributed by atoms with Gasteiger partial charge in [0.2, 0.25) is 0 Å². The number of hydrogen-bond donors (Lipinski definition) is 0. The van der Waals surface area contributed by atoms with E-state index in [4.69, 9.17) is 0 Å². The summed E-state index contributed by atoms with van der Waals surface area (Å²) in [6.07, 6.45) is 4.37. The van der Waals surface area contributed by atoms with Gasteiger partial charge in [0.15, 0.2) is 0 Å². The molecule has 12 heavy (non-hydrogen) atoms. The maximum atomic E-state index is 3.90. The zero-order chi connectivity index (χ0) is 10.4. The van der Waals surface area contributed by atoms with Gasteiger partial charge in [-0.15, -0.1) is 0 Å². The number of rotatable bonds is 3. The third kappa shape index (κ3) is 22.6. The van der Waals surface area contributed by atoms with Crippen molar-refractivity contribution < 1.29 is 0 Å². The van der Waals surface area contributed by atoms with Gasteiger partial charge < -0.3 is 4.99 Å². The molecular weight excluding hydrogens is 146 g/mol. The second-order valence-electron chi connectivity index (χ2n) is 2.19. The van der Waals surface area contributed by atoms with Crippen molar-refractivity contribution in [2.75, 3.05) is 7.05 Å². The maximum absolute atomic E-state index is 3.90. The highest BCUT2D eigenvalue weighted by Gasteiger charge is 1.92. The van der Waals surface area contributed by atoms with E-state index in [2.05, 4.69) is 18.8 Å². The van der Waals surface area contributed by atoms with Crippen LogP contribution in [0.25, 0.3) is 0 Å². The Bertz CT molecular complexity index is 67.4.